The van der Waals surface area contributed by atoms with Gasteiger partial charge in [0.1, 0.15) is 0 Å². The predicted octanol–water partition coefficient (Wildman–Crippen LogP) is -0.970. The molecule has 0 aromatic heterocycles. The molecular formula is C10H17N3O. The molecule has 14 heavy (non-hydrogen) atoms. The maximum Gasteiger partial charge on any atom is 0.237 e. The molecule has 0 radical (unpaired) electrons. The van der Waals surface area contributed by atoms with Gasteiger partial charge in [-0.05, 0) is 6.92 Å². The Morgan fingerprint density at radius 3 is 2.86 bits per heavy atom. The van der Waals surface area contributed by atoms with Gasteiger partial charge in [0, 0.05) is 26.2 Å². The number of carbonyl (C=O) groups is 1. The van der Waals surface area contributed by atoms with Crippen LogP contribution in [0, 0.1) is 12.3 Å². The van der Waals surface area contributed by atoms with E-state index in [-0.39, 0.29) is 11.9 Å². The highest BCUT2D eigenvalue weighted by Gasteiger charge is 2.21. The van der Waals surface area contributed by atoms with E-state index in [0.29, 0.717) is 6.54 Å². The van der Waals surface area contributed by atoms with Gasteiger partial charge in [-0.15, -0.1) is 6.42 Å². The summed E-state index contributed by atoms with van der Waals surface area (Å²) in [6.45, 7) is 5.97. The number of hydrogen-bond acceptors (Lipinski definition) is 3. The van der Waals surface area contributed by atoms with Crippen molar-refractivity contribution in [3.05, 3.63) is 0 Å². The largest absolute Gasteiger partial charge is 0.344 e. The number of terminal acetylenes is 1. The fourth-order valence-electron chi connectivity index (χ4n) is 1.52. The number of nitrogens with one attached hydrogen (secondary N) is 2. The van der Waals surface area contributed by atoms with E-state index < -0.39 is 0 Å². The Labute approximate surface area is 85.0 Å². The number of amides is 1. The number of piperazine rings is 1. The molecule has 0 aromatic carbocycles. The van der Waals surface area contributed by atoms with Crippen molar-refractivity contribution in [2.45, 2.75) is 13.0 Å². The summed E-state index contributed by atoms with van der Waals surface area (Å²) in [6, 6.07) is -0.0783. The summed E-state index contributed by atoms with van der Waals surface area (Å²) in [7, 11) is 0. The fraction of sp³-hybridized carbons (Fsp3) is 0.700. The SMILES string of the molecule is C#CCNC(=O)C(C)N1CCNCC1. The standard InChI is InChI=1S/C10H17N3O/c1-3-4-12-10(14)9(2)13-7-5-11-6-8-13/h1,9,11H,4-8H2,2H3,(H,12,14). The van der Waals surface area contributed by atoms with Crippen molar-refractivity contribution in [1.29, 1.82) is 0 Å². The predicted molar refractivity (Wildman–Crippen MR) is 55.7 cm³/mol. The van der Waals surface area contributed by atoms with Crippen molar-refractivity contribution >= 4 is 5.91 Å². The van der Waals surface area contributed by atoms with E-state index in [1.807, 2.05) is 6.92 Å². The molecule has 1 atom stereocenters. The van der Waals surface area contributed by atoms with Crippen LogP contribution < -0.4 is 10.6 Å². The Morgan fingerprint density at radius 1 is 1.64 bits per heavy atom. The summed E-state index contributed by atoms with van der Waals surface area (Å²) in [5.41, 5.74) is 0. The van der Waals surface area contributed by atoms with E-state index in [2.05, 4.69) is 21.5 Å². The third-order valence-electron chi connectivity index (χ3n) is 2.44. The van der Waals surface area contributed by atoms with Gasteiger partial charge in [0.2, 0.25) is 5.91 Å². The highest BCUT2D eigenvalue weighted by atomic mass is 16.2. The average molecular weight is 195 g/mol. The minimum Gasteiger partial charge on any atom is -0.344 e. The lowest BCUT2D eigenvalue weighted by atomic mass is 10.2. The average Bonchev–Trinajstić information content (AvgIpc) is 2.26. The topological polar surface area (TPSA) is 44.4 Å². The summed E-state index contributed by atoms with van der Waals surface area (Å²) < 4.78 is 0. The van der Waals surface area contributed by atoms with Crippen LogP contribution in [-0.2, 0) is 4.79 Å². The zero-order valence-electron chi connectivity index (χ0n) is 8.55. The van der Waals surface area contributed by atoms with E-state index >= 15 is 0 Å². The quantitative estimate of drug-likeness (QED) is 0.570. The molecule has 1 saturated heterocycles. The Balaban J connectivity index is 2.35. The lowest BCUT2D eigenvalue weighted by Crippen LogP contribution is -2.52. The zero-order valence-corrected chi connectivity index (χ0v) is 8.55. The Morgan fingerprint density at radius 2 is 2.29 bits per heavy atom. The van der Waals surface area contributed by atoms with E-state index in [0.717, 1.165) is 26.2 Å². The Bertz CT molecular complexity index is 228. The maximum absolute atomic E-state index is 11.5. The second-order valence-electron chi connectivity index (χ2n) is 3.38. The third-order valence-corrected chi connectivity index (χ3v) is 2.44. The first kappa shape index (κ1) is 11.0. The summed E-state index contributed by atoms with van der Waals surface area (Å²) in [6.07, 6.45) is 5.07. The van der Waals surface area contributed by atoms with E-state index in [1.54, 1.807) is 0 Å². The molecule has 2 N–H and O–H groups in total. The van der Waals surface area contributed by atoms with E-state index in [1.165, 1.54) is 0 Å². The minimum absolute atomic E-state index is 0.0184. The van der Waals surface area contributed by atoms with Gasteiger partial charge in [-0.25, -0.2) is 0 Å². The first-order valence-corrected chi connectivity index (χ1v) is 4.91. The van der Waals surface area contributed by atoms with Gasteiger partial charge < -0.3 is 10.6 Å². The van der Waals surface area contributed by atoms with E-state index in [4.69, 9.17) is 6.42 Å². The van der Waals surface area contributed by atoms with Crippen molar-refractivity contribution < 1.29 is 4.79 Å². The lowest BCUT2D eigenvalue weighted by Gasteiger charge is -2.31. The van der Waals surface area contributed by atoms with Crippen LogP contribution in [0.4, 0.5) is 0 Å². The van der Waals surface area contributed by atoms with Crippen molar-refractivity contribution in [2.24, 2.45) is 0 Å². The lowest BCUT2D eigenvalue weighted by molar-refractivity contribution is -0.125. The molecular weight excluding hydrogens is 178 g/mol. The van der Waals surface area contributed by atoms with Crippen molar-refractivity contribution in [3.8, 4) is 12.3 Å². The second-order valence-corrected chi connectivity index (χ2v) is 3.38. The Kier molecular flexibility index (Phi) is 4.44. The maximum atomic E-state index is 11.5. The van der Waals surface area contributed by atoms with E-state index in [9.17, 15) is 4.79 Å². The first-order chi connectivity index (χ1) is 6.75. The van der Waals surface area contributed by atoms with Gasteiger partial charge in [0.25, 0.3) is 0 Å². The molecule has 1 fully saturated rings. The molecule has 1 heterocycles. The molecule has 1 aliphatic heterocycles. The fourth-order valence-corrected chi connectivity index (χ4v) is 1.52. The molecule has 0 bridgehead atoms. The Hall–Kier alpha value is -1.05. The molecule has 4 nitrogen and oxygen atoms in total. The molecule has 1 rings (SSSR count). The van der Waals surface area contributed by atoms with Gasteiger partial charge in [0.15, 0.2) is 0 Å². The molecule has 0 spiro atoms. The summed E-state index contributed by atoms with van der Waals surface area (Å²) in [5, 5.41) is 5.94. The molecule has 1 aliphatic rings. The van der Waals surface area contributed by atoms with Gasteiger partial charge in [-0.2, -0.15) is 0 Å². The van der Waals surface area contributed by atoms with Gasteiger partial charge in [-0.1, -0.05) is 5.92 Å². The first-order valence-electron chi connectivity index (χ1n) is 4.91. The van der Waals surface area contributed by atoms with Crippen molar-refractivity contribution in [3.63, 3.8) is 0 Å². The zero-order chi connectivity index (χ0) is 10.4. The normalized spacial score (nSPS) is 19.7. The molecule has 1 amide bonds. The number of carbonyl (C=O) groups excluding carboxylic acids is 1. The van der Waals surface area contributed by atoms with Crippen LogP contribution in [-0.4, -0.2) is 49.6 Å². The summed E-state index contributed by atoms with van der Waals surface area (Å²) in [4.78, 5) is 13.7. The monoisotopic (exact) mass is 195 g/mol. The second kappa shape index (κ2) is 5.63. The highest BCUT2D eigenvalue weighted by Crippen LogP contribution is 2.00. The van der Waals surface area contributed by atoms with Crippen LogP contribution in [0.3, 0.4) is 0 Å². The van der Waals surface area contributed by atoms with Crippen LogP contribution in [0.5, 0.6) is 0 Å². The highest BCUT2D eigenvalue weighted by molar-refractivity contribution is 5.81. The molecule has 1 unspecified atom stereocenters. The third kappa shape index (κ3) is 3.02. The van der Waals surface area contributed by atoms with Crippen LogP contribution in [0.15, 0.2) is 0 Å². The number of rotatable bonds is 3. The van der Waals surface area contributed by atoms with Crippen LogP contribution in [0.25, 0.3) is 0 Å². The molecule has 78 valence electrons. The minimum atomic E-state index is -0.0783. The smallest absolute Gasteiger partial charge is 0.237 e. The van der Waals surface area contributed by atoms with Gasteiger partial charge >= 0.3 is 0 Å². The molecule has 0 saturated carbocycles. The number of hydrogen-bond donors (Lipinski definition) is 2. The molecule has 4 heteroatoms. The number of nitrogens with zero attached hydrogens (tertiary/aromatic N) is 1. The van der Waals surface area contributed by atoms with Crippen molar-refractivity contribution in [1.82, 2.24) is 15.5 Å². The molecule has 0 aliphatic carbocycles. The van der Waals surface area contributed by atoms with Crippen molar-refractivity contribution in [2.75, 3.05) is 32.7 Å². The van der Waals surface area contributed by atoms with Crippen LogP contribution >= 0.6 is 0 Å². The summed E-state index contributed by atoms with van der Waals surface area (Å²) >= 11 is 0. The van der Waals surface area contributed by atoms with Gasteiger partial charge in [0.05, 0.1) is 12.6 Å². The van der Waals surface area contributed by atoms with Crippen LogP contribution in [0.1, 0.15) is 6.92 Å². The summed E-state index contributed by atoms with van der Waals surface area (Å²) in [5.74, 6) is 2.41. The molecule has 0 aromatic rings. The van der Waals surface area contributed by atoms with Crippen LogP contribution in [0.2, 0.25) is 0 Å². The van der Waals surface area contributed by atoms with Gasteiger partial charge in [-0.3, -0.25) is 9.69 Å².